The molecule has 168 valence electrons. The van der Waals surface area contributed by atoms with E-state index in [0.29, 0.717) is 23.2 Å². The molecular weight excluding hydrogens is 495 g/mol. The lowest BCUT2D eigenvalue weighted by atomic mass is 10.2. The molecule has 32 heavy (non-hydrogen) atoms. The van der Waals surface area contributed by atoms with Gasteiger partial charge in [-0.2, -0.15) is 13.2 Å². The molecule has 0 fully saturated rings. The number of hydrogen-bond acceptors (Lipinski definition) is 3. The maximum Gasteiger partial charge on any atom is 0.416 e. The van der Waals surface area contributed by atoms with Gasteiger partial charge in [-0.05, 0) is 54.6 Å². The minimum Gasteiger partial charge on any atom is -0.319 e. The fourth-order valence-electron chi connectivity index (χ4n) is 2.57. The molecule has 0 atom stereocenters. The summed E-state index contributed by atoms with van der Waals surface area (Å²) in [4.78, 5) is 11.6. The summed E-state index contributed by atoms with van der Waals surface area (Å²) in [5.41, 5.74) is -1.81. The van der Waals surface area contributed by atoms with E-state index in [0.717, 1.165) is 18.2 Å². The lowest BCUT2D eigenvalue weighted by Crippen LogP contribution is -2.16. The van der Waals surface area contributed by atoms with Crippen LogP contribution in [0, 0.1) is 5.82 Å². The van der Waals surface area contributed by atoms with Crippen LogP contribution < -0.4 is 10.0 Å². The number of alkyl halides is 3. The molecule has 12 heteroatoms. The Hall–Kier alpha value is -2.82. The number of carbonyl (C=O) groups excluding carboxylic acids is 1. The van der Waals surface area contributed by atoms with Gasteiger partial charge in [-0.15, -0.1) is 0 Å². The average molecular weight is 507 g/mol. The van der Waals surface area contributed by atoms with Gasteiger partial charge in [-0.25, -0.2) is 12.8 Å². The summed E-state index contributed by atoms with van der Waals surface area (Å²) in [6.45, 7) is 0. The Bertz CT molecular complexity index is 1300. The van der Waals surface area contributed by atoms with Crippen LogP contribution in [0.5, 0.6) is 0 Å². The van der Waals surface area contributed by atoms with E-state index in [1.807, 2.05) is 4.72 Å². The minimum absolute atomic E-state index is 0.148. The first-order chi connectivity index (χ1) is 14.9. The molecule has 0 saturated carbocycles. The smallest absolute Gasteiger partial charge is 0.319 e. The molecule has 0 saturated heterocycles. The van der Waals surface area contributed by atoms with E-state index in [1.165, 1.54) is 18.2 Å². The molecule has 0 aromatic heterocycles. The van der Waals surface area contributed by atoms with E-state index >= 15 is 0 Å². The van der Waals surface area contributed by atoms with Gasteiger partial charge >= 0.3 is 6.18 Å². The molecule has 0 aliphatic heterocycles. The van der Waals surface area contributed by atoms with Gasteiger partial charge < -0.3 is 5.32 Å². The molecule has 0 aliphatic rings. The zero-order valence-electron chi connectivity index (χ0n) is 15.7. The van der Waals surface area contributed by atoms with Crippen LogP contribution in [0.3, 0.4) is 0 Å². The van der Waals surface area contributed by atoms with Crippen molar-refractivity contribution in [3.63, 3.8) is 0 Å². The number of rotatable bonds is 5. The molecule has 0 aliphatic carbocycles. The summed E-state index contributed by atoms with van der Waals surface area (Å²) >= 11 is 11.6. The van der Waals surface area contributed by atoms with Crippen molar-refractivity contribution >= 4 is 50.5 Å². The second-order valence-electron chi connectivity index (χ2n) is 6.40. The predicted molar refractivity (Wildman–Crippen MR) is 113 cm³/mol. The number of hydrogen-bond donors (Lipinski definition) is 2. The Morgan fingerprint density at radius 1 is 0.906 bits per heavy atom. The fraction of sp³-hybridized carbons (Fsp3) is 0.0500. The summed E-state index contributed by atoms with van der Waals surface area (Å²) in [7, 11) is -4.50. The zero-order chi connectivity index (χ0) is 23.7. The Balaban J connectivity index is 1.84. The summed E-state index contributed by atoms with van der Waals surface area (Å²) in [5, 5.41) is 2.29. The number of amides is 1. The van der Waals surface area contributed by atoms with Crippen LogP contribution >= 0.6 is 23.2 Å². The number of anilines is 2. The van der Waals surface area contributed by atoms with Crippen LogP contribution in [0.25, 0.3) is 0 Å². The molecule has 0 heterocycles. The van der Waals surface area contributed by atoms with Gasteiger partial charge in [0.2, 0.25) is 0 Å². The average Bonchev–Trinajstić information content (AvgIpc) is 2.70. The quantitative estimate of drug-likeness (QED) is 0.404. The topological polar surface area (TPSA) is 75.3 Å². The molecule has 3 aromatic rings. The highest BCUT2D eigenvalue weighted by Crippen LogP contribution is 2.34. The van der Waals surface area contributed by atoms with Crippen molar-refractivity contribution in [1.82, 2.24) is 0 Å². The molecule has 0 unspecified atom stereocenters. The molecule has 3 rings (SSSR count). The maximum absolute atomic E-state index is 14.5. The maximum atomic E-state index is 14.5. The second-order valence-corrected chi connectivity index (χ2v) is 8.93. The molecule has 5 nitrogen and oxygen atoms in total. The summed E-state index contributed by atoms with van der Waals surface area (Å²) in [6, 6.07) is 10.6. The van der Waals surface area contributed by atoms with Crippen LogP contribution in [0.1, 0.15) is 15.9 Å². The van der Waals surface area contributed by atoms with E-state index in [2.05, 4.69) is 5.32 Å². The summed E-state index contributed by atoms with van der Waals surface area (Å²) < 4.78 is 80.1. The first-order valence-corrected chi connectivity index (χ1v) is 10.9. The molecule has 3 aromatic carbocycles. The highest BCUT2D eigenvalue weighted by molar-refractivity contribution is 7.92. The predicted octanol–water partition coefficient (Wildman–Crippen LogP) is 6.20. The lowest BCUT2D eigenvalue weighted by molar-refractivity contribution is -0.137. The van der Waals surface area contributed by atoms with Gasteiger partial charge in [0.05, 0.1) is 26.9 Å². The van der Waals surface area contributed by atoms with Crippen LogP contribution in [0.15, 0.2) is 65.6 Å². The van der Waals surface area contributed by atoms with Crippen molar-refractivity contribution in [1.29, 1.82) is 0 Å². The van der Waals surface area contributed by atoms with E-state index in [9.17, 15) is 30.8 Å². The third-order valence-electron chi connectivity index (χ3n) is 4.12. The molecule has 0 radical (unpaired) electrons. The number of halogens is 6. The standard InChI is InChI=1S/C20H12Cl2F4N2O3S/c21-13-3-1-2-11(8-13)19(29)27-17-7-5-14(10-16(17)23)32(30,31)28-18-9-12(20(24,25)26)4-6-15(18)22/h1-10,28H,(H,27,29). The minimum atomic E-state index is -4.72. The monoisotopic (exact) mass is 506 g/mol. The van der Waals surface area contributed by atoms with Gasteiger partial charge in [0, 0.05) is 10.6 Å². The van der Waals surface area contributed by atoms with Crippen LogP contribution in [-0.4, -0.2) is 14.3 Å². The number of carbonyl (C=O) groups is 1. The van der Waals surface area contributed by atoms with E-state index in [4.69, 9.17) is 23.2 Å². The summed E-state index contributed by atoms with van der Waals surface area (Å²) in [5.74, 6) is -1.77. The second kappa shape index (κ2) is 8.97. The SMILES string of the molecule is O=C(Nc1ccc(S(=O)(=O)Nc2cc(C(F)(F)F)ccc2Cl)cc1F)c1cccc(Cl)c1. The third-order valence-corrected chi connectivity index (χ3v) is 6.05. The third kappa shape index (κ3) is 5.50. The Morgan fingerprint density at radius 2 is 1.62 bits per heavy atom. The first kappa shape index (κ1) is 23.8. The van der Waals surface area contributed by atoms with Crippen LogP contribution in [-0.2, 0) is 16.2 Å². The number of nitrogens with one attached hydrogen (secondary N) is 2. The Labute approximate surface area is 190 Å². The van der Waals surface area contributed by atoms with E-state index in [1.54, 1.807) is 6.07 Å². The number of sulfonamides is 1. The van der Waals surface area contributed by atoms with E-state index < -0.39 is 44.1 Å². The Morgan fingerprint density at radius 3 is 2.25 bits per heavy atom. The van der Waals surface area contributed by atoms with Crippen molar-refractivity contribution in [3.8, 4) is 0 Å². The fourth-order valence-corrected chi connectivity index (χ4v) is 4.07. The highest BCUT2D eigenvalue weighted by Gasteiger charge is 2.31. The molecular formula is C20H12Cl2F4N2O3S. The largest absolute Gasteiger partial charge is 0.416 e. The van der Waals surface area contributed by atoms with Gasteiger partial charge in [0.25, 0.3) is 15.9 Å². The van der Waals surface area contributed by atoms with Crippen LogP contribution in [0.2, 0.25) is 10.0 Å². The summed E-state index contributed by atoms with van der Waals surface area (Å²) in [6.07, 6.45) is -4.72. The zero-order valence-corrected chi connectivity index (χ0v) is 18.0. The lowest BCUT2D eigenvalue weighted by Gasteiger charge is -2.14. The van der Waals surface area contributed by atoms with Gasteiger partial charge in [0.1, 0.15) is 5.82 Å². The molecule has 0 bridgehead atoms. The van der Waals surface area contributed by atoms with Crippen molar-refractivity contribution in [3.05, 3.63) is 87.7 Å². The molecule has 2 N–H and O–H groups in total. The highest BCUT2D eigenvalue weighted by atomic mass is 35.5. The van der Waals surface area contributed by atoms with Crippen molar-refractivity contribution in [2.45, 2.75) is 11.1 Å². The Kier molecular flexibility index (Phi) is 6.68. The number of benzene rings is 3. The first-order valence-electron chi connectivity index (χ1n) is 8.63. The normalized spacial score (nSPS) is 11.8. The van der Waals surface area contributed by atoms with Gasteiger partial charge in [0.15, 0.2) is 0 Å². The van der Waals surface area contributed by atoms with Crippen LogP contribution in [0.4, 0.5) is 28.9 Å². The molecule has 0 spiro atoms. The van der Waals surface area contributed by atoms with Gasteiger partial charge in [-0.1, -0.05) is 29.3 Å². The van der Waals surface area contributed by atoms with Gasteiger partial charge in [-0.3, -0.25) is 9.52 Å². The van der Waals surface area contributed by atoms with Crippen molar-refractivity contribution < 1.29 is 30.8 Å². The van der Waals surface area contributed by atoms with Crippen molar-refractivity contribution in [2.75, 3.05) is 10.0 Å². The van der Waals surface area contributed by atoms with E-state index in [-0.39, 0.29) is 16.3 Å². The van der Waals surface area contributed by atoms with Crippen molar-refractivity contribution in [2.24, 2.45) is 0 Å². The molecule has 1 amide bonds.